The van der Waals surface area contributed by atoms with Crippen LogP contribution in [0.4, 0.5) is 17.6 Å². The number of likely N-dealkylation sites (tertiary alicyclic amines) is 1. The third kappa shape index (κ3) is 3.99. The van der Waals surface area contributed by atoms with Gasteiger partial charge >= 0.3 is 6.18 Å². The number of benzene rings is 2. The number of hydrogen-bond donors (Lipinski definition) is 1. The van der Waals surface area contributed by atoms with Gasteiger partial charge < -0.3 is 10.6 Å². The van der Waals surface area contributed by atoms with Crippen LogP contribution < -0.4 is 5.73 Å². The fourth-order valence-electron chi connectivity index (χ4n) is 3.11. The van der Waals surface area contributed by atoms with Crippen molar-refractivity contribution in [3.63, 3.8) is 0 Å². The third-order valence-corrected chi connectivity index (χ3v) is 4.40. The summed E-state index contributed by atoms with van der Waals surface area (Å²) in [7, 11) is 0. The van der Waals surface area contributed by atoms with Gasteiger partial charge in [0.05, 0.1) is 5.56 Å². The maximum Gasteiger partial charge on any atom is 0.419 e. The van der Waals surface area contributed by atoms with Gasteiger partial charge in [-0.2, -0.15) is 13.2 Å². The first kappa shape index (κ1) is 20.2. The Bertz CT molecular complexity index is 783. The number of nitrogens with zero attached hydrogens (tertiary/aromatic N) is 1. The zero-order valence-corrected chi connectivity index (χ0v) is 14.4. The summed E-state index contributed by atoms with van der Waals surface area (Å²) in [5.41, 5.74) is 5.44. The van der Waals surface area contributed by atoms with Crippen molar-refractivity contribution in [1.82, 2.24) is 4.90 Å². The maximum atomic E-state index is 13.4. The van der Waals surface area contributed by atoms with E-state index in [0.717, 1.165) is 11.6 Å². The lowest BCUT2D eigenvalue weighted by molar-refractivity contribution is -0.140. The van der Waals surface area contributed by atoms with Crippen LogP contribution in [0.25, 0.3) is 0 Å². The van der Waals surface area contributed by atoms with Crippen LogP contribution in [-0.4, -0.2) is 29.9 Å². The van der Waals surface area contributed by atoms with Crippen molar-refractivity contribution in [2.24, 2.45) is 5.73 Å². The summed E-state index contributed by atoms with van der Waals surface area (Å²) < 4.78 is 51.9. The van der Waals surface area contributed by atoms with Crippen molar-refractivity contribution < 1.29 is 22.4 Å². The van der Waals surface area contributed by atoms with Gasteiger partial charge in [0, 0.05) is 30.6 Å². The van der Waals surface area contributed by atoms with Gasteiger partial charge in [-0.25, -0.2) is 4.39 Å². The molecule has 140 valence electrons. The van der Waals surface area contributed by atoms with Crippen LogP contribution in [0.15, 0.2) is 48.5 Å². The predicted octanol–water partition coefficient (Wildman–Crippen LogP) is 3.83. The summed E-state index contributed by atoms with van der Waals surface area (Å²) >= 11 is 0. The number of rotatable bonds is 2. The first-order chi connectivity index (χ1) is 11.8. The average Bonchev–Trinajstić information content (AvgIpc) is 2.96. The number of nitrogens with two attached hydrogens (primary N) is 1. The molecule has 3 nitrogen and oxygen atoms in total. The molecule has 0 aliphatic carbocycles. The normalized spacial score (nSPS) is 20.0. The highest BCUT2D eigenvalue weighted by atomic mass is 35.5. The zero-order valence-electron chi connectivity index (χ0n) is 13.5. The Morgan fingerprint density at radius 2 is 1.73 bits per heavy atom. The quantitative estimate of drug-likeness (QED) is 0.795. The highest BCUT2D eigenvalue weighted by Gasteiger charge is 2.37. The minimum absolute atomic E-state index is 0. The lowest BCUT2D eigenvalue weighted by atomic mass is 9.95. The minimum Gasteiger partial charge on any atom is -0.336 e. The number of hydrogen-bond acceptors (Lipinski definition) is 2. The molecule has 2 aromatic rings. The summed E-state index contributed by atoms with van der Waals surface area (Å²) in [6, 6.07) is 11.4. The van der Waals surface area contributed by atoms with Crippen molar-refractivity contribution in [3.05, 3.63) is 71.0 Å². The van der Waals surface area contributed by atoms with E-state index in [-0.39, 0.29) is 36.5 Å². The van der Waals surface area contributed by atoms with E-state index in [9.17, 15) is 22.4 Å². The first-order valence-corrected chi connectivity index (χ1v) is 7.74. The van der Waals surface area contributed by atoms with Crippen LogP contribution in [0.5, 0.6) is 0 Å². The largest absolute Gasteiger partial charge is 0.419 e. The smallest absolute Gasteiger partial charge is 0.336 e. The summed E-state index contributed by atoms with van der Waals surface area (Å²) in [4.78, 5) is 14.0. The summed E-state index contributed by atoms with van der Waals surface area (Å²) in [5, 5.41) is 0. The second-order valence-electron chi connectivity index (χ2n) is 6.08. The maximum absolute atomic E-state index is 13.4. The fraction of sp³-hybridized carbons (Fsp3) is 0.278. The molecule has 1 saturated heterocycles. The van der Waals surface area contributed by atoms with E-state index in [1.165, 1.54) is 4.90 Å². The van der Waals surface area contributed by atoms with Crippen molar-refractivity contribution >= 4 is 18.3 Å². The highest BCUT2D eigenvalue weighted by molar-refractivity contribution is 5.94. The summed E-state index contributed by atoms with van der Waals surface area (Å²) in [6.07, 6.45) is -4.85. The second-order valence-corrected chi connectivity index (χ2v) is 6.08. The van der Waals surface area contributed by atoms with Gasteiger partial charge in [0.15, 0.2) is 0 Å². The Morgan fingerprint density at radius 3 is 2.35 bits per heavy atom. The first-order valence-electron chi connectivity index (χ1n) is 7.74. The molecule has 0 aromatic heterocycles. The molecule has 3 rings (SSSR count). The summed E-state index contributed by atoms with van der Waals surface area (Å²) in [6.45, 7) is 0.542. The van der Waals surface area contributed by atoms with Gasteiger partial charge in [0.1, 0.15) is 5.82 Å². The monoisotopic (exact) mass is 388 g/mol. The third-order valence-electron chi connectivity index (χ3n) is 4.40. The second kappa shape index (κ2) is 7.63. The van der Waals surface area contributed by atoms with E-state index in [1.807, 2.05) is 30.3 Å². The molecule has 2 N–H and O–H groups in total. The van der Waals surface area contributed by atoms with E-state index in [1.54, 1.807) is 0 Å². The molecule has 0 bridgehead atoms. The van der Waals surface area contributed by atoms with E-state index < -0.39 is 23.5 Å². The number of carbonyl (C=O) groups is 1. The minimum atomic E-state index is -4.85. The van der Waals surface area contributed by atoms with Gasteiger partial charge in [-0.05, 0) is 23.8 Å². The van der Waals surface area contributed by atoms with Gasteiger partial charge in [0.2, 0.25) is 0 Å². The Labute approximate surface area is 154 Å². The molecule has 2 aromatic carbocycles. The van der Waals surface area contributed by atoms with Crippen LogP contribution >= 0.6 is 12.4 Å². The molecule has 0 saturated carbocycles. The van der Waals surface area contributed by atoms with E-state index in [0.29, 0.717) is 18.7 Å². The Hall–Kier alpha value is -2.12. The molecule has 8 heteroatoms. The lowest BCUT2D eigenvalue weighted by Crippen LogP contribution is -2.32. The van der Waals surface area contributed by atoms with Crippen molar-refractivity contribution in [2.45, 2.75) is 18.1 Å². The number of amides is 1. The lowest BCUT2D eigenvalue weighted by Gasteiger charge is -2.17. The van der Waals surface area contributed by atoms with E-state index in [2.05, 4.69) is 0 Å². The van der Waals surface area contributed by atoms with Gasteiger partial charge in [-0.1, -0.05) is 30.3 Å². The predicted molar refractivity (Wildman–Crippen MR) is 91.7 cm³/mol. The van der Waals surface area contributed by atoms with Crippen LogP contribution in [0.3, 0.4) is 0 Å². The van der Waals surface area contributed by atoms with Crippen molar-refractivity contribution in [1.29, 1.82) is 0 Å². The summed E-state index contributed by atoms with van der Waals surface area (Å²) in [5.74, 6) is -2.07. The molecule has 1 fully saturated rings. The molecule has 0 spiro atoms. The molecule has 1 aliphatic heterocycles. The number of halogens is 5. The van der Waals surface area contributed by atoms with Gasteiger partial charge in [-0.3, -0.25) is 4.79 Å². The van der Waals surface area contributed by atoms with Crippen LogP contribution in [0, 0.1) is 5.82 Å². The molecule has 1 amide bonds. The molecule has 1 heterocycles. The van der Waals surface area contributed by atoms with Gasteiger partial charge in [-0.15, -0.1) is 12.4 Å². The topological polar surface area (TPSA) is 46.3 Å². The standard InChI is InChI=1S/C18H16F4N2O.ClH/c19-15-7-6-12(8-14(15)18(20,21)22)17(25)24-9-13(16(23)10-24)11-4-2-1-3-5-11;/h1-8,13,16H,9-10,23H2;1H/t13-,16+;/m0./s1. The molecule has 26 heavy (non-hydrogen) atoms. The zero-order chi connectivity index (χ0) is 18.2. The number of alkyl halides is 3. The molecular formula is C18H17ClF4N2O. The van der Waals surface area contributed by atoms with Crippen LogP contribution in [0.1, 0.15) is 27.4 Å². The Morgan fingerprint density at radius 1 is 1.08 bits per heavy atom. The van der Waals surface area contributed by atoms with Crippen molar-refractivity contribution in [2.75, 3.05) is 13.1 Å². The molecule has 2 atom stereocenters. The van der Waals surface area contributed by atoms with Crippen LogP contribution in [0.2, 0.25) is 0 Å². The van der Waals surface area contributed by atoms with Crippen molar-refractivity contribution in [3.8, 4) is 0 Å². The average molecular weight is 389 g/mol. The Balaban J connectivity index is 0.00000243. The fourth-order valence-corrected chi connectivity index (χ4v) is 3.11. The molecule has 0 unspecified atom stereocenters. The molecule has 0 radical (unpaired) electrons. The van der Waals surface area contributed by atoms with E-state index >= 15 is 0 Å². The van der Waals surface area contributed by atoms with Gasteiger partial charge in [0.25, 0.3) is 5.91 Å². The highest BCUT2D eigenvalue weighted by Crippen LogP contribution is 2.33. The number of carbonyl (C=O) groups excluding carboxylic acids is 1. The SMILES string of the molecule is Cl.N[C@@H]1CN(C(=O)c2ccc(F)c(C(F)(F)F)c2)C[C@H]1c1ccccc1. The van der Waals surface area contributed by atoms with E-state index in [4.69, 9.17) is 5.73 Å². The van der Waals surface area contributed by atoms with Crippen LogP contribution in [-0.2, 0) is 6.18 Å². The molecular weight excluding hydrogens is 372 g/mol. The Kier molecular flexibility index (Phi) is 5.93. The molecule has 1 aliphatic rings.